The summed E-state index contributed by atoms with van der Waals surface area (Å²) < 4.78 is 27.8. The van der Waals surface area contributed by atoms with Gasteiger partial charge in [-0.15, -0.1) is 11.6 Å². The van der Waals surface area contributed by atoms with E-state index in [0.29, 0.717) is 11.3 Å². The standard InChI is InChI=1S/C13H19ClO3S/c1-9-6-7-11(17-4)10(8-9)12(14)13(2,3)18(5,15)16/h6-8,12H,1-5H3. The molecule has 0 bridgehead atoms. The smallest absolute Gasteiger partial charge is 0.154 e. The minimum atomic E-state index is -3.28. The molecule has 0 fully saturated rings. The lowest BCUT2D eigenvalue weighted by Crippen LogP contribution is -2.35. The first kappa shape index (κ1) is 15.3. The second kappa shape index (κ2) is 5.10. The number of sulfone groups is 1. The van der Waals surface area contributed by atoms with E-state index in [-0.39, 0.29) is 0 Å². The van der Waals surface area contributed by atoms with Crippen molar-refractivity contribution in [1.29, 1.82) is 0 Å². The summed E-state index contributed by atoms with van der Waals surface area (Å²) in [6, 6.07) is 5.57. The SMILES string of the molecule is COc1ccc(C)cc1C(Cl)C(C)(C)S(C)(=O)=O. The summed E-state index contributed by atoms with van der Waals surface area (Å²) in [6.07, 6.45) is 1.20. The molecule has 1 rings (SSSR count). The van der Waals surface area contributed by atoms with Gasteiger partial charge in [0.2, 0.25) is 0 Å². The minimum absolute atomic E-state index is 0.609. The van der Waals surface area contributed by atoms with Crippen LogP contribution in [0.15, 0.2) is 18.2 Å². The van der Waals surface area contributed by atoms with Gasteiger partial charge in [0, 0.05) is 11.8 Å². The maximum absolute atomic E-state index is 11.8. The fourth-order valence-corrected chi connectivity index (χ4v) is 2.77. The molecule has 0 saturated heterocycles. The summed E-state index contributed by atoms with van der Waals surface area (Å²) in [5, 5.41) is -0.664. The first-order valence-corrected chi connectivity index (χ1v) is 7.92. The Hall–Kier alpha value is -0.740. The molecule has 5 heteroatoms. The summed E-state index contributed by atoms with van der Waals surface area (Å²) in [7, 11) is -1.73. The van der Waals surface area contributed by atoms with E-state index < -0.39 is 20.0 Å². The van der Waals surface area contributed by atoms with Crippen molar-refractivity contribution < 1.29 is 13.2 Å². The van der Waals surface area contributed by atoms with Gasteiger partial charge in [0.25, 0.3) is 0 Å². The average molecular weight is 291 g/mol. The molecule has 0 radical (unpaired) electrons. The number of benzene rings is 1. The molecule has 0 aliphatic heterocycles. The molecule has 0 aliphatic carbocycles. The van der Waals surface area contributed by atoms with Crippen molar-refractivity contribution in [3.05, 3.63) is 29.3 Å². The Morgan fingerprint density at radius 1 is 1.33 bits per heavy atom. The monoisotopic (exact) mass is 290 g/mol. The molecule has 3 nitrogen and oxygen atoms in total. The largest absolute Gasteiger partial charge is 0.496 e. The van der Waals surface area contributed by atoms with E-state index >= 15 is 0 Å². The number of rotatable bonds is 4. The topological polar surface area (TPSA) is 43.4 Å². The lowest BCUT2D eigenvalue weighted by molar-refractivity contribution is 0.406. The molecule has 0 saturated carbocycles. The molecular weight excluding hydrogens is 272 g/mol. The van der Waals surface area contributed by atoms with Gasteiger partial charge >= 0.3 is 0 Å². The third-order valence-electron chi connectivity index (χ3n) is 3.22. The average Bonchev–Trinajstić information content (AvgIpc) is 2.26. The maximum Gasteiger partial charge on any atom is 0.154 e. The molecule has 1 aromatic carbocycles. The number of hydrogen-bond donors (Lipinski definition) is 0. The van der Waals surface area contributed by atoms with Gasteiger partial charge in [0.05, 0.1) is 17.2 Å². The van der Waals surface area contributed by atoms with E-state index in [1.165, 1.54) is 6.26 Å². The van der Waals surface area contributed by atoms with Crippen LogP contribution in [0.2, 0.25) is 0 Å². The van der Waals surface area contributed by atoms with Crippen LogP contribution in [-0.2, 0) is 9.84 Å². The van der Waals surface area contributed by atoms with E-state index in [4.69, 9.17) is 16.3 Å². The van der Waals surface area contributed by atoms with Crippen LogP contribution >= 0.6 is 11.6 Å². The third-order valence-corrected chi connectivity index (χ3v) is 6.28. The molecule has 0 aromatic heterocycles. The molecule has 0 heterocycles. The highest BCUT2D eigenvalue weighted by molar-refractivity contribution is 7.92. The minimum Gasteiger partial charge on any atom is -0.496 e. The van der Waals surface area contributed by atoms with Crippen molar-refractivity contribution >= 4 is 21.4 Å². The number of ether oxygens (including phenoxy) is 1. The summed E-state index contributed by atoms with van der Waals surface area (Å²) >= 11 is 6.38. The Bertz CT molecular complexity index is 535. The van der Waals surface area contributed by atoms with Crippen molar-refractivity contribution in [2.24, 2.45) is 0 Å². The fourth-order valence-electron chi connectivity index (χ4n) is 1.61. The van der Waals surface area contributed by atoms with E-state index in [1.54, 1.807) is 27.0 Å². The summed E-state index contributed by atoms with van der Waals surface area (Å²) in [5.74, 6) is 0.609. The first-order valence-electron chi connectivity index (χ1n) is 5.59. The fraction of sp³-hybridized carbons (Fsp3) is 0.538. The molecule has 1 atom stereocenters. The zero-order chi connectivity index (χ0) is 14.1. The Kier molecular flexibility index (Phi) is 4.34. The lowest BCUT2D eigenvalue weighted by atomic mass is 9.99. The van der Waals surface area contributed by atoms with Crippen LogP contribution in [-0.4, -0.2) is 26.5 Å². The Morgan fingerprint density at radius 2 is 1.89 bits per heavy atom. The predicted octanol–water partition coefficient (Wildman–Crippen LogP) is 3.11. The van der Waals surface area contributed by atoms with Gasteiger partial charge in [-0.3, -0.25) is 0 Å². The normalized spacial score (nSPS) is 14.3. The van der Waals surface area contributed by atoms with Crippen molar-refractivity contribution in [2.75, 3.05) is 13.4 Å². The van der Waals surface area contributed by atoms with Crippen LogP contribution in [0.3, 0.4) is 0 Å². The molecular formula is C13H19ClO3S. The number of hydrogen-bond acceptors (Lipinski definition) is 3. The van der Waals surface area contributed by atoms with Gasteiger partial charge in [-0.1, -0.05) is 17.7 Å². The van der Waals surface area contributed by atoms with Gasteiger partial charge in [0.1, 0.15) is 5.75 Å². The highest BCUT2D eigenvalue weighted by Crippen LogP contribution is 2.41. The second-order valence-corrected chi connectivity index (χ2v) is 8.02. The van der Waals surface area contributed by atoms with Crippen LogP contribution in [0, 0.1) is 6.92 Å². The highest BCUT2D eigenvalue weighted by Gasteiger charge is 2.40. The molecule has 1 unspecified atom stereocenters. The van der Waals surface area contributed by atoms with Crippen LogP contribution in [0.5, 0.6) is 5.75 Å². The zero-order valence-electron chi connectivity index (χ0n) is 11.3. The Balaban J connectivity index is 3.35. The van der Waals surface area contributed by atoms with Crippen molar-refractivity contribution in [3.8, 4) is 5.75 Å². The van der Waals surface area contributed by atoms with Crippen LogP contribution in [0.1, 0.15) is 30.4 Å². The second-order valence-electron chi connectivity index (χ2n) is 4.98. The molecule has 0 spiro atoms. The number of methoxy groups -OCH3 is 1. The van der Waals surface area contributed by atoms with Gasteiger partial charge in [-0.25, -0.2) is 8.42 Å². The van der Waals surface area contributed by atoms with E-state index in [9.17, 15) is 8.42 Å². The van der Waals surface area contributed by atoms with E-state index in [0.717, 1.165) is 5.56 Å². The molecule has 102 valence electrons. The molecule has 1 aromatic rings. The van der Waals surface area contributed by atoms with E-state index in [1.807, 2.05) is 19.1 Å². The van der Waals surface area contributed by atoms with Crippen LogP contribution in [0.4, 0.5) is 0 Å². The number of alkyl halides is 1. The molecule has 18 heavy (non-hydrogen) atoms. The van der Waals surface area contributed by atoms with Crippen molar-refractivity contribution in [2.45, 2.75) is 30.9 Å². The Morgan fingerprint density at radius 3 is 2.33 bits per heavy atom. The van der Waals surface area contributed by atoms with Gasteiger partial charge in [-0.05, 0) is 26.8 Å². The van der Waals surface area contributed by atoms with Crippen molar-refractivity contribution in [3.63, 3.8) is 0 Å². The number of halogens is 1. The predicted molar refractivity (Wildman–Crippen MR) is 75.2 cm³/mol. The quantitative estimate of drug-likeness (QED) is 0.800. The lowest BCUT2D eigenvalue weighted by Gasteiger charge is -2.29. The van der Waals surface area contributed by atoms with Crippen LogP contribution < -0.4 is 4.74 Å². The zero-order valence-corrected chi connectivity index (χ0v) is 12.9. The summed E-state index contributed by atoms with van der Waals surface area (Å²) in [5.41, 5.74) is 1.72. The highest BCUT2D eigenvalue weighted by atomic mass is 35.5. The summed E-state index contributed by atoms with van der Waals surface area (Å²) in [6.45, 7) is 5.18. The molecule has 0 aliphatic rings. The molecule has 0 N–H and O–H groups in total. The number of aryl methyl sites for hydroxylation is 1. The van der Waals surface area contributed by atoms with Gasteiger partial charge < -0.3 is 4.74 Å². The van der Waals surface area contributed by atoms with Crippen molar-refractivity contribution in [1.82, 2.24) is 0 Å². The van der Waals surface area contributed by atoms with Crippen LogP contribution in [0.25, 0.3) is 0 Å². The molecule has 0 amide bonds. The third kappa shape index (κ3) is 2.81. The first-order chi connectivity index (χ1) is 8.11. The summed E-state index contributed by atoms with van der Waals surface area (Å²) in [4.78, 5) is 0. The van der Waals surface area contributed by atoms with Gasteiger partial charge in [0.15, 0.2) is 9.84 Å². The van der Waals surface area contributed by atoms with E-state index in [2.05, 4.69) is 0 Å². The maximum atomic E-state index is 11.8. The Labute approximate surface area is 114 Å². The van der Waals surface area contributed by atoms with Gasteiger partial charge in [-0.2, -0.15) is 0 Å².